The molecular weight excluding hydrogens is 251 g/mol. The molecular formula is C8H6BBrS2. The zero-order valence-corrected chi connectivity index (χ0v) is 9.99. The van der Waals surface area contributed by atoms with Crippen molar-refractivity contribution in [3.8, 4) is 0 Å². The van der Waals surface area contributed by atoms with Crippen LogP contribution in [0.25, 0.3) is 9.40 Å². The molecule has 0 spiro atoms. The van der Waals surface area contributed by atoms with Gasteiger partial charge >= 0.3 is 0 Å². The predicted octanol–water partition coefficient (Wildman–Crippen LogP) is 3.14. The zero-order chi connectivity index (χ0) is 8.88. The highest BCUT2D eigenvalue weighted by Crippen LogP contribution is 2.38. The van der Waals surface area contributed by atoms with Gasteiger partial charge in [0.25, 0.3) is 0 Å². The van der Waals surface area contributed by atoms with E-state index in [9.17, 15) is 0 Å². The molecule has 2 heterocycles. The molecule has 0 aliphatic heterocycles. The lowest BCUT2D eigenvalue weighted by Crippen LogP contribution is -1.96. The van der Waals surface area contributed by atoms with E-state index in [1.165, 1.54) is 24.3 Å². The fourth-order valence-electron chi connectivity index (χ4n) is 1.14. The van der Waals surface area contributed by atoms with Crippen LogP contribution in [0.4, 0.5) is 0 Å². The van der Waals surface area contributed by atoms with E-state index in [1.807, 2.05) is 0 Å². The van der Waals surface area contributed by atoms with Gasteiger partial charge in [-0.2, -0.15) is 11.3 Å². The number of thiophene rings is 2. The summed E-state index contributed by atoms with van der Waals surface area (Å²) < 4.78 is 4.85. The lowest BCUT2D eigenvalue weighted by molar-refractivity contribution is 1.59. The Morgan fingerprint density at radius 1 is 1.08 bits per heavy atom. The van der Waals surface area contributed by atoms with Crippen molar-refractivity contribution in [2.75, 3.05) is 0 Å². The quantitative estimate of drug-likeness (QED) is 0.636. The van der Waals surface area contributed by atoms with E-state index in [1.54, 1.807) is 22.7 Å². The number of aryl methyl sites for hydroxylation is 2. The molecule has 0 fully saturated rings. The van der Waals surface area contributed by atoms with E-state index in [-0.39, 0.29) is 0 Å². The first-order valence-electron chi connectivity index (χ1n) is 3.54. The van der Waals surface area contributed by atoms with Crippen LogP contribution < -0.4 is 4.78 Å². The van der Waals surface area contributed by atoms with Gasteiger partial charge in [0.05, 0.1) is 3.79 Å². The smallest absolute Gasteiger partial charge is 0.129 e. The third-order valence-corrected chi connectivity index (χ3v) is 5.61. The molecule has 2 rings (SSSR count). The summed E-state index contributed by atoms with van der Waals surface area (Å²) in [4.78, 5) is 0. The number of fused-ring (bicyclic) bond motifs is 1. The van der Waals surface area contributed by atoms with Crippen LogP contribution in [0, 0.1) is 13.8 Å². The Labute approximate surface area is 89.1 Å². The molecule has 0 aliphatic rings. The normalized spacial score (nSPS) is 11.2. The van der Waals surface area contributed by atoms with E-state index in [0.29, 0.717) is 0 Å². The standard InChI is InChI=1S/C8H6BBrS2/c1-3-5-6(11-7(3)9)4(2)8(10)12-5/h1-2H3. The predicted molar refractivity (Wildman–Crippen MR) is 62.3 cm³/mol. The number of rotatable bonds is 0. The third kappa shape index (κ3) is 1.09. The van der Waals surface area contributed by atoms with Crippen LogP contribution in [0.1, 0.15) is 11.1 Å². The number of hydrogen-bond donors (Lipinski definition) is 0. The first kappa shape index (κ1) is 8.79. The Bertz CT molecular complexity index is 399. The van der Waals surface area contributed by atoms with Gasteiger partial charge < -0.3 is 0 Å². The molecule has 0 N–H and O–H groups in total. The molecule has 0 amide bonds. The van der Waals surface area contributed by atoms with Crippen LogP contribution in [0.5, 0.6) is 0 Å². The van der Waals surface area contributed by atoms with Gasteiger partial charge in [-0.25, -0.2) is 0 Å². The maximum atomic E-state index is 5.83. The molecule has 0 atom stereocenters. The molecule has 0 saturated heterocycles. The molecule has 0 bridgehead atoms. The van der Waals surface area contributed by atoms with Crippen molar-refractivity contribution in [2.45, 2.75) is 13.8 Å². The molecule has 2 radical (unpaired) electrons. The fourth-order valence-corrected chi connectivity index (χ4v) is 4.25. The molecule has 0 aromatic carbocycles. The summed E-state index contributed by atoms with van der Waals surface area (Å²) in [7, 11) is 5.83. The molecule has 0 unspecified atom stereocenters. The Morgan fingerprint density at radius 2 is 1.67 bits per heavy atom. The van der Waals surface area contributed by atoms with E-state index >= 15 is 0 Å². The summed E-state index contributed by atoms with van der Waals surface area (Å²) in [6.45, 7) is 4.20. The molecule has 60 valence electrons. The summed E-state index contributed by atoms with van der Waals surface area (Å²) in [5.41, 5.74) is 2.55. The summed E-state index contributed by atoms with van der Waals surface area (Å²) in [5.74, 6) is 0. The first-order valence-corrected chi connectivity index (χ1v) is 5.97. The molecule has 12 heavy (non-hydrogen) atoms. The van der Waals surface area contributed by atoms with Gasteiger partial charge in [-0.1, -0.05) is 0 Å². The first-order chi connectivity index (χ1) is 5.61. The maximum Gasteiger partial charge on any atom is 0.129 e. The topological polar surface area (TPSA) is 0 Å². The van der Waals surface area contributed by atoms with Gasteiger partial charge in [0.15, 0.2) is 0 Å². The largest absolute Gasteiger partial charge is 0.150 e. The van der Waals surface area contributed by atoms with E-state index in [2.05, 4.69) is 29.8 Å². The van der Waals surface area contributed by atoms with Crippen LogP contribution in [-0.2, 0) is 0 Å². The van der Waals surface area contributed by atoms with Crippen molar-refractivity contribution < 1.29 is 0 Å². The van der Waals surface area contributed by atoms with Crippen LogP contribution in [-0.4, -0.2) is 7.85 Å². The third-order valence-electron chi connectivity index (χ3n) is 1.96. The average molecular weight is 257 g/mol. The minimum Gasteiger partial charge on any atom is -0.150 e. The molecule has 4 heteroatoms. The highest BCUT2D eigenvalue weighted by atomic mass is 79.9. The van der Waals surface area contributed by atoms with Crippen molar-refractivity contribution >= 4 is 60.6 Å². The second kappa shape index (κ2) is 2.86. The monoisotopic (exact) mass is 256 g/mol. The van der Waals surface area contributed by atoms with Crippen molar-refractivity contribution in [2.24, 2.45) is 0 Å². The van der Waals surface area contributed by atoms with E-state index in [0.717, 1.165) is 4.78 Å². The van der Waals surface area contributed by atoms with Gasteiger partial charge in [0.2, 0.25) is 0 Å². The van der Waals surface area contributed by atoms with Gasteiger partial charge in [0, 0.05) is 9.40 Å². The van der Waals surface area contributed by atoms with Crippen LogP contribution in [0.15, 0.2) is 3.79 Å². The summed E-state index contributed by atoms with van der Waals surface area (Å²) >= 11 is 6.99. The molecule has 0 saturated carbocycles. The SMILES string of the molecule is [B]c1sc2c(C)c(Br)sc2c1C. The van der Waals surface area contributed by atoms with Crippen LogP contribution in [0.2, 0.25) is 0 Å². The van der Waals surface area contributed by atoms with Crippen molar-refractivity contribution in [1.82, 2.24) is 0 Å². The fraction of sp³-hybridized carbons (Fsp3) is 0.250. The Kier molecular flexibility index (Phi) is 2.09. The Balaban J connectivity index is 2.93. The van der Waals surface area contributed by atoms with Gasteiger partial charge in [0.1, 0.15) is 7.85 Å². The minimum atomic E-state index is 0.951. The van der Waals surface area contributed by atoms with Gasteiger partial charge in [-0.15, -0.1) is 11.3 Å². The van der Waals surface area contributed by atoms with Gasteiger partial charge in [-0.3, -0.25) is 0 Å². The summed E-state index contributed by atoms with van der Waals surface area (Å²) in [6.07, 6.45) is 0. The molecule has 2 aromatic rings. The van der Waals surface area contributed by atoms with Crippen molar-refractivity contribution in [3.05, 3.63) is 14.9 Å². The van der Waals surface area contributed by atoms with Crippen molar-refractivity contribution in [3.63, 3.8) is 0 Å². The highest BCUT2D eigenvalue weighted by Gasteiger charge is 2.11. The van der Waals surface area contributed by atoms with E-state index < -0.39 is 0 Å². The summed E-state index contributed by atoms with van der Waals surface area (Å²) in [6, 6.07) is 0. The average Bonchev–Trinajstić information content (AvgIpc) is 2.43. The second-order valence-corrected chi connectivity index (χ2v) is 6.14. The molecule has 2 aromatic heterocycles. The Hall–Kier alpha value is 0.205. The maximum absolute atomic E-state index is 5.83. The van der Waals surface area contributed by atoms with Gasteiger partial charge in [-0.05, 0) is 45.7 Å². The Morgan fingerprint density at radius 3 is 2.25 bits per heavy atom. The lowest BCUT2D eigenvalue weighted by atomic mass is 10.0. The number of hydrogen-bond acceptors (Lipinski definition) is 2. The van der Waals surface area contributed by atoms with Crippen LogP contribution >= 0.6 is 38.6 Å². The number of halogens is 1. The molecule has 0 nitrogen and oxygen atoms in total. The lowest BCUT2D eigenvalue weighted by Gasteiger charge is -1.86. The minimum absolute atomic E-state index is 0.951. The zero-order valence-electron chi connectivity index (χ0n) is 6.77. The highest BCUT2D eigenvalue weighted by molar-refractivity contribution is 9.11. The van der Waals surface area contributed by atoms with Crippen LogP contribution in [0.3, 0.4) is 0 Å². The summed E-state index contributed by atoms with van der Waals surface area (Å²) in [5, 5.41) is 0. The van der Waals surface area contributed by atoms with Crippen molar-refractivity contribution in [1.29, 1.82) is 0 Å². The second-order valence-electron chi connectivity index (χ2n) is 2.75. The van der Waals surface area contributed by atoms with E-state index in [4.69, 9.17) is 7.85 Å². The molecule has 0 aliphatic carbocycles.